The standard InChI is InChI=1S/C28H29FN4O5/c1-37-26-14-23(9-7-21(26)15-30-32-28(36)20-8-10-25(34)24(29)13-20)38-18-27(35)31-22-11-12-33(17-22)16-19-5-3-2-4-6-19/h2-10,13-15,22,34H,11-12,16-18H2,1H3,(H,31,35)(H,32,36). The van der Waals surface area contributed by atoms with Gasteiger partial charge in [0.25, 0.3) is 11.8 Å². The van der Waals surface area contributed by atoms with Gasteiger partial charge in [-0.2, -0.15) is 5.10 Å². The average Bonchev–Trinajstić information content (AvgIpc) is 3.36. The highest BCUT2D eigenvalue weighted by Gasteiger charge is 2.24. The van der Waals surface area contributed by atoms with Crippen molar-refractivity contribution in [3.8, 4) is 17.2 Å². The maximum absolute atomic E-state index is 13.4. The molecule has 1 aliphatic heterocycles. The second kappa shape index (κ2) is 12.7. The molecular formula is C28H29FN4O5. The fourth-order valence-corrected chi connectivity index (χ4v) is 4.11. The first-order chi connectivity index (χ1) is 18.4. The summed E-state index contributed by atoms with van der Waals surface area (Å²) in [6.07, 6.45) is 2.25. The highest BCUT2D eigenvalue weighted by molar-refractivity contribution is 5.95. The Kier molecular flexibility index (Phi) is 8.89. The van der Waals surface area contributed by atoms with Gasteiger partial charge in [0.1, 0.15) is 11.5 Å². The van der Waals surface area contributed by atoms with Gasteiger partial charge in [-0.1, -0.05) is 30.3 Å². The molecule has 0 spiro atoms. The minimum Gasteiger partial charge on any atom is -0.505 e. The number of nitrogens with one attached hydrogen (secondary N) is 2. The van der Waals surface area contributed by atoms with Crippen LogP contribution in [-0.2, 0) is 11.3 Å². The summed E-state index contributed by atoms with van der Waals surface area (Å²) in [5.41, 5.74) is 4.09. The number of aromatic hydroxyl groups is 1. The van der Waals surface area contributed by atoms with Gasteiger partial charge in [-0.3, -0.25) is 14.5 Å². The summed E-state index contributed by atoms with van der Waals surface area (Å²) >= 11 is 0. The lowest BCUT2D eigenvalue weighted by Gasteiger charge is -2.17. The van der Waals surface area contributed by atoms with E-state index in [9.17, 15) is 19.1 Å². The number of rotatable bonds is 10. The summed E-state index contributed by atoms with van der Waals surface area (Å²) in [5.74, 6) is -1.43. The Labute approximate surface area is 219 Å². The molecule has 0 aromatic heterocycles. The Balaban J connectivity index is 1.24. The van der Waals surface area contributed by atoms with Gasteiger partial charge in [0.15, 0.2) is 18.2 Å². The van der Waals surface area contributed by atoms with Crippen LogP contribution in [0.5, 0.6) is 17.2 Å². The van der Waals surface area contributed by atoms with Crippen molar-refractivity contribution in [1.29, 1.82) is 0 Å². The molecule has 0 saturated carbocycles. The molecular weight excluding hydrogens is 491 g/mol. The largest absolute Gasteiger partial charge is 0.505 e. The number of carbonyl (C=O) groups is 2. The number of halogens is 1. The topological polar surface area (TPSA) is 112 Å². The number of methoxy groups -OCH3 is 1. The first kappa shape index (κ1) is 26.6. The molecule has 0 radical (unpaired) electrons. The summed E-state index contributed by atoms with van der Waals surface area (Å²) < 4.78 is 24.5. The zero-order valence-corrected chi connectivity index (χ0v) is 20.9. The Morgan fingerprint density at radius 2 is 1.97 bits per heavy atom. The highest BCUT2D eigenvalue weighted by atomic mass is 19.1. The van der Waals surface area contributed by atoms with Crippen molar-refractivity contribution in [3.05, 3.63) is 89.2 Å². The van der Waals surface area contributed by atoms with Crippen LogP contribution in [-0.4, -0.2) is 60.9 Å². The Hall–Kier alpha value is -4.44. The van der Waals surface area contributed by atoms with E-state index in [0.717, 1.165) is 38.2 Å². The van der Waals surface area contributed by atoms with Crippen molar-refractivity contribution in [2.45, 2.75) is 19.0 Å². The van der Waals surface area contributed by atoms with Gasteiger partial charge in [0.2, 0.25) is 0 Å². The fourth-order valence-electron chi connectivity index (χ4n) is 4.11. The van der Waals surface area contributed by atoms with Crippen LogP contribution < -0.4 is 20.2 Å². The highest BCUT2D eigenvalue weighted by Crippen LogP contribution is 2.23. The first-order valence-corrected chi connectivity index (χ1v) is 12.1. The monoisotopic (exact) mass is 520 g/mol. The lowest BCUT2D eigenvalue weighted by molar-refractivity contribution is -0.123. The third-order valence-electron chi connectivity index (χ3n) is 6.04. The van der Waals surface area contributed by atoms with E-state index >= 15 is 0 Å². The van der Waals surface area contributed by atoms with E-state index in [4.69, 9.17) is 9.47 Å². The van der Waals surface area contributed by atoms with E-state index in [1.165, 1.54) is 25.0 Å². The number of hydrazone groups is 1. The Bertz CT molecular complexity index is 1300. The summed E-state index contributed by atoms with van der Waals surface area (Å²) in [5, 5.41) is 16.1. The predicted octanol–water partition coefficient (Wildman–Crippen LogP) is 3.07. The van der Waals surface area contributed by atoms with Gasteiger partial charge in [-0.15, -0.1) is 0 Å². The molecule has 3 aromatic rings. The van der Waals surface area contributed by atoms with Crippen LogP contribution in [0, 0.1) is 5.82 Å². The minimum absolute atomic E-state index is 0.00736. The molecule has 0 aliphatic carbocycles. The number of phenolic OH excluding ortho intramolecular Hbond substituents is 1. The van der Waals surface area contributed by atoms with Crippen LogP contribution >= 0.6 is 0 Å². The van der Waals surface area contributed by atoms with E-state index in [0.29, 0.717) is 17.1 Å². The first-order valence-electron chi connectivity index (χ1n) is 12.1. The molecule has 1 fully saturated rings. The molecule has 0 bridgehead atoms. The van der Waals surface area contributed by atoms with E-state index in [2.05, 4.69) is 32.9 Å². The molecule has 9 nitrogen and oxygen atoms in total. The molecule has 198 valence electrons. The van der Waals surface area contributed by atoms with Crippen LogP contribution in [0.15, 0.2) is 71.8 Å². The average molecular weight is 521 g/mol. The van der Waals surface area contributed by atoms with Gasteiger partial charge in [0, 0.05) is 42.9 Å². The molecule has 1 aliphatic rings. The lowest BCUT2D eigenvalue weighted by atomic mass is 10.2. The fraction of sp³-hybridized carbons (Fsp3) is 0.250. The number of likely N-dealkylation sites (tertiary alicyclic amines) is 1. The molecule has 1 atom stereocenters. The number of benzene rings is 3. The molecule has 10 heteroatoms. The number of carbonyl (C=O) groups excluding carboxylic acids is 2. The zero-order valence-electron chi connectivity index (χ0n) is 20.9. The molecule has 38 heavy (non-hydrogen) atoms. The van der Waals surface area contributed by atoms with Gasteiger partial charge >= 0.3 is 0 Å². The van der Waals surface area contributed by atoms with Crippen LogP contribution in [0.2, 0.25) is 0 Å². The van der Waals surface area contributed by atoms with Crippen LogP contribution in [0.4, 0.5) is 4.39 Å². The summed E-state index contributed by atoms with van der Waals surface area (Å²) in [6, 6.07) is 18.5. The van der Waals surface area contributed by atoms with Gasteiger partial charge < -0.3 is 19.9 Å². The lowest BCUT2D eigenvalue weighted by Crippen LogP contribution is -2.39. The number of phenols is 1. The molecule has 2 amide bonds. The second-order valence-electron chi connectivity index (χ2n) is 8.83. The summed E-state index contributed by atoms with van der Waals surface area (Å²) in [7, 11) is 1.47. The number of nitrogens with zero attached hydrogens (tertiary/aromatic N) is 2. The number of ether oxygens (including phenoxy) is 2. The maximum atomic E-state index is 13.4. The molecule has 3 N–H and O–H groups in total. The third-order valence-corrected chi connectivity index (χ3v) is 6.04. The normalized spacial score (nSPS) is 15.4. The van der Waals surface area contributed by atoms with Crippen molar-refractivity contribution in [3.63, 3.8) is 0 Å². The smallest absolute Gasteiger partial charge is 0.271 e. The molecule has 1 heterocycles. The maximum Gasteiger partial charge on any atom is 0.271 e. The van der Waals surface area contributed by atoms with E-state index < -0.39 is 17.5 Å². The summed E-state index contributed by atoms with van der Waals surface area (Å²) in [4.78, 5) is 26.9. The molecule has 3 aromatic carbocycles. The van der Waals surface area contributed by atoms with Crippen LogP contribution in [0.25, 0.3) is 0 Å². The number of hydrogen-bond acceptors (Lipinski definition) is 7. The number of hydrogen-bond donors (Lipinski definition) is 3. The van der Waals surface area contributed by atoms with E-state index in [1.807, 2.05) is 18.2 Å². The Morgan fingerprint density at radius 3 is 2.74 bits per heavy atom. The SMILES string of the molecule is COc1cc(OCC(=O)NC2CCN(Cc3ccccc3)C2)ccc1C=NNC(=O)c1ccc(O)c(F)c1. The van der Waals surface area contributed by atoms with Gasteiger partial charge in [-0.25, -0.2) is 9.82 Å². The van der Waals surface area contributed by atoms with Crippen molar-refractivity contribution in [1.82, 2.24) is 15.6 Å². The minimum atomic E-state index is -0.902. The molecule has 1 saturated heterocycles. The van der Waals surface area contributed by atoms with Crippen LogP contribution in [0.1, 0.15) is 27.9 Å². The third kappa shape index (κ3) is 7.30. The van der Waals surface area contributed by atoms with Crippen molar-refractivity contribution in [2.24, 2.45) is 5.10 Å². The summed E-state index contributed by atoms with van der Waals surface area (Å²) in [6.45, 7) is 2.44. The van der Waals surface area contributed by atoms with Crippen molar-refractivity contribution < 1.29 is 28.6 Å². The molecule has 1 unspecified atom stereocenters. The van der Waals surface area contributed by atoms with Crippen molar-refractivity contribution in [2.75, 3.05) is 26.8 Å². The van der Waals surface area contributed by atoms with Crippen molar-refractivity contribution >= 4 is 18.0 Å². The number of amides is 2. The van der Waals surface area contributed by atoms with E-state index in [-0.39, 0.29) is 24.1 Å². The van der Waals surface area contributed by atoms with Crippen LogP contribution in [0.3, 0.4) is 0 Å². The van der Waals surface area contributed by atoms with E-state index in [1.54, 1.807) is 18.2 Å². The van der Waals surface area contributed by atoms with Gasteiger partial charge in [-0.05, 0) is 42.3 Å². The predicted molar refractivity (Wildman–Crippen MR) is 140 cm³/mol. The molecule has 4 rings (SSSR count). The second-order valence-corrected chi connectivity index (χ2v) is 8.83. The Morgan fingerprint density at radius 1 is 1.16 bits per heavy atom. The van der Waals surface area contributed by atoms with Gasteiger partial charge in [0.05, 0.1) is 13.3 Å². The zero-order chi connectivity index (χ0) is 26.9. The quantitative estimate of drug-likeness (QED) is 0.280.